The van der Waals surface area contributed by atoms with Crippen LogP contribution in [0, 0.1) is 0 Å². The van der Waals surface area contributed by atoms with Crippen LogP contribution in [0.4, 0.5) is 11.4 Å². The number of anilines is 2. The van der Waals surface area contributed by atoms with Gasteiger partial charge in [0.15, 0.2) is 0 Å². The third-order valence-electron chi connectivity index (χ3n) is 4.05. The van der Waals surface area contributed by atoms with E-state index in [9.17, 15) is 4.79 Å². The van der Waals surface area contributed by atoms with E-state index < -0.39 is 0 Å². The van der Waals surface area contributed by atoms with Crippen molar-refractivity contribution >= 4 is 28.9 Å². The summed E-state index contributed by atoms with van der Waals surface area (Å²) in [6.07, 6.45) is 3.93. The molecule has 0 aliphatic rings. The zero-order chi connectivity index (χ0) is 19.8. The number of ether oxygens (including phenoxy) is 1. The summed E-state index contributed by atoms with van der Waals surface area (Å²) in [5, 5.41) is 6.87. The average molecular weight is 396 g/mol. The van der Waals surface area contributed by atoms with Gasteiger partial charge in [-0.3, -0.25) is 9.78 Å². The Balaban J connectivity index is 1.62. The summed E-state index contributed by atoms with van der Waals surface area (Å²) in [7, 11) is 0. The van der Waals surface area contributed by atoms with E-state index in [1.807, 2.05) is 55.5 Å². The lowest BCUT2D eigenvalue weighted by atomic mass is 10.1. The van der Waals surface area contributed by atoms with Crippen molar-refractivity contribution in [2.24, 2.45) is 0 Å². The van der Waals surface area contributed by atoms with Crippen molar-refractivity contribution in [3.8, 4) is 5.75 Å². The molecule has 1 amide bonds. The molecule has 0 aliphatic carbocycles. The molecule has 0 atom stereocenters. The fourth-order valence-corrected chi connectivity index (χ4v) is 2.97. The van der Waals surface area contributed by atoms with Gasteiger partial charge in [0.25, 0.3) is 5.91 Å². The maximum atomic E-state index is 12.4. The molecule has 1 aromatic heterocycles. The number of halogens is 1. The Labute approximate surface area is 169 Å². The minimum Gasteiger partial charge on any atom is -0.492 e. The molecule has 2 N–H and O–H groups in total. The van der Waals surface area contributed by atoms with Crippen molar-refractivity contribution in [1.29, 1.82) is 0 Å². The number of hydrogen-bond donors (Lipinski definition) is 2. The van der Waals surface area contributed by atoms with E-state index in [4.69, 9.17) is 16.3 Å². The molecule has 0 saturated carbocycles. The second-order valence-corrected chi connectivity index (χ2v) is 6.59. The average Bonchev–Trinajstić information content (AvgIpc) is 2.70. The molecule has 0 fully saturated rings. The third-order valence-corrected chi connectivity index (χ3v) is 4.29. The van der Waals surface area contributed by atoms with Crippen LogP contribution in [0.3, 0.4) is 0 Å². The molecule has 2 aromatic carbocycles. The highest BCUT2D eigenvalue weighted by Gasteiger charge is 2.08. The molecule has 3 aromatic rings. The van der Waals surface area contributed by atoms with Crippen molar-refractivity contribution in [1.82, 2.24) is 10.3 Å². The molecule has 0 bridgehead atoms. The normalized spacial score (nSPS) is 10.4. The molecule has 0 radical (unpaired) electrons. The Hall–Kier alpha value is -3.05. The number of nitrogens with zero attached hydrogens (tertiary/aromatic N) is 1. The Morgan fingerprint density at radius 2 is 1.96 bits per heavy atom. The lowest BCUT2D eigenvalue weighted by Gasteiger charge is -2.12. The first-order chi connectivity index (χ1) is 13.7. The van der Waals surface area contributed by atoms with Gasteiger partial charge in [0.2, 0.25) is 0 Å². The molecular formula is C22H22ClN3O2. The molecule has 28 heavy (non-hydrogen) atoms. The Bertz CT molecular complexity index is 946. The largest absolute Gasteiger partial charge is 0.492 e. The first-order valence-corrected chi connectivity index (χ1v) is 9.50. The Morgan fingerprint density at radius 1 is 1.11 bits per heavy atom. The van der Waals surface area contributed by atoms with Crippen molar-refractivity contribution < 1.29 is 9.53 Å². The predicted octanol–water partition coefficient (Wildman–Crippen LogP) is 4.85. The zero-order valence-corrected chi connectivity index (χ0v) is 16.4. The van der Waals surface area contributed by atoms with E-state index in [-0.39, 0.29) is 5.91 Å². The number of amides is 1. The number of rotatable bonds is 8. The summed E-state index contributed by atoms with van der Waals surface area (Å²) >= 11 is 5.99. The van der Waals surface area contributed by atoms with Crippen LogP contribution >= 0.6 is 11.6 Å². The number of aromatic nitrogens is 1. The number of carbonyl (C=O) groups is 1. The van der Waals surface area contributed by atoms with E-state index in [1.165, 1.54) is 0 Å². The van der Waals surface area contributed by atoms with E-state index in [1.54, 1.807) is 18.5 Å². The molecule has 5 nitrogen and oxygen atoms in total. The smallest absolute Gasteiger partial charge is 0.252 e. The lowest BCUT2D eigenvalue weighted by Crippen LogP contribution is -2.25. The summed E-state index contributed by atoms with van der Waals surface area (Å²) in [4.78, 5) is 16.6. The maximum absolute atomic E-state index is 12.4. The van der Waals surface area contributed by atoms with Gasteiger partial charge in [-0.05, 0) is 49.2 Å². The van der Waals surface area contributed by atoms with Crippen LogP contribution in [0.5, 0.6) is 5.75 Å². The van der Waals surface area contributed by atoms with Crippen LogP contribution in [0.25, 0.3) is 0 Å². The van der Waals surface area contributed by atoms with Gasteiger partial charge < -0.3 is 15.4 Å². The first kappa shape index (κ1) is 19.7. The Kier molecular flexibility index (Phi) is 6.87. The van der Waals surface area contributed by atoms with Gasteiger partial charge in [-0.15, -0.1) is 0 Å². The third kappa shape index (κ3) is 5.47. The number of hydrogen-bond acceptors (Lipinski definition) is 4. The van der Waals surface area contributed by atoms with Crippen molar-refractivity contribution in [3.05, 3.63) is 83.1 Å². The highest BCUT2D eigenvalue weighted by Crippen LogP contribution is 2.27. The molecule has 6 heteroatoms. The minimum atomic E-state index is -0.170. The number of pyridine rings is 1. The van der Waals surface area contributed by atoms with Gasteiger partial charge in [0.1, 0.15) is 5.75 Å². The van der Waals surface area contributed by atoms with Gasteiger partial charge >= 0.3 is 0 Å². The van der Waals surface area contributed by atoms with Crippen LogP contribution in [0.1, 0.15) is 22.8 Å². The van der Waals surface area contributed by atoms with Crippen LogP contribution in [-0.4, -0.2) is 24.0 Å². The fraction of sp³-hybridized carbons (Fsp3) is 0.182. The molecule has 0 aliphatic heterocycles. The minimum absolute atomic E-state index is 0.170. The molecule has 1 heterocycles. The van der Waals surface area contributed by atoms with Crippen molar-refractivity contribution in [2.45, 2.75) is 13.3 Å². The van der Waals surface area contributed by atoms with Crippen LogP contribution in [-0.2, 0) is 6.42 Å². The molecule has 3 rings (SSSR count). The quantitative estimate of drug-likeness (QED) is 0.572. The van der Waals surface area contributed by atoms with Crippen molar-refractivity contribution in [2.75, 3.05) is 18.5 Å². The topological polar surface area (TPSA) is 63.2 Å². The summed E-state index contributed by atoms with van der Waals surface area (Å²) in [5.41, 5.74) is 3.11. The zero-order valence-electron chi connectivity index (χ0n) is 15.6. The monoisotopic (exact) mass is 395 g/mol. The molecule has 144 valence electrons. The van der Waals surface area contributed by atoms with E-state index in [0.29, 0.717) is 30.2 Å². The van der Waals surface area contributed by atoms with Crippen LogP contribution < -0.4 is 15.4 Å². The maximum Gasteiger partial charge on any atom is 0.252 e. The summed E-state index contributed by atoms with van der Waals surface area (Å²) in [5.74, 6) is 0.581. The standard InChI is InChI=1S/C22H22ClN3O2/c1-2-28-21-9-4-3-8-20(21)26-19-13-17(14-24-15-19)22(27)25-11-10-16-6-5-7-18(23)12-16/h3-9,12-15,26H,2,10-11H2,1H3,(H,25,27). The fourth-order valence-electron chi connectivity index (χ4n) is 2.75. The Morgan fingerprint density at radius 3 is 2.79 bits per heavy atom. The predicted molar refractivity (Wildman–Crippen MR) is 113 cm³/mol. The van der Waals surface area contributed by atoms with Gasteiger partial charge in [-0.25, -0.2) is 0 Å². The summed E-state index contributed by atoms with van der Waals surface area (Å²) < 4.78 is 5.62. The lowest BCUT2D eigenvalue weighted by molar-refractivity contribution is 0.0954. The number of nitrogens with one attached hydrogen (secondary N) is 2. The second kappa shape index (κ2) is 9.76. The number of benzene rings is 2. The highest BCUT2D eigenvalue weighted by molar-refractivity contribution is 6.30. The van der Waals surface area contributed by atoms with Crippen molar-refractivity contribution in [3.63, 3.8) is 0 Å². The number of carbonyl (C=O) groups excluding carboxylic acids is 1. The van der Waals surface area contributed by atoms with Gasteiger partial charge in [-0.1, -0.05) is 35.9 Å². The second-order valence-electron chi connectivity index (χ2n) is 6.15. The summed E-state index contributed by atoms with van der Waals surface area (Å²) in [6.45, 7) is 3.03. The summed E-state index contributed by atoms with van der Waals surface area (Å²) in [6, 6.07) is 17.0. The van der Waals surface area contributed by atoms with Crippen LogP contribution in [0.2, 0.25) is 5.02 Å². The molecular weight excluding hydrogens is 374 g/mol. The highest BCUT2D eigenvalue weighted by atomic mass is 35.5. The van der Waals surface area contributed by atoms with Gasteiger partial charge in [0, 0.05) is 17.8 Å². The van der Waals surface area contributed by atoms with E-state index in [2.05, 4.69) is 15.6 Å². The SMILES string of the molecule is CCOc1ccccc1Nc1cncc(C(=O)NCCc2cccc(Cl)c2)c1. The molecule has 0 unspecified atom stereocenters. The number of para-hydroxylation sites is 2. The van der Waals surface area contributed by atoms with Gasteiger partial charge in [0.05, 0.1) is 29.7 Å². The molecule has 0 saturated heterocycles. The first-order valence-electron chi connectivity index (χ1n) is 9.12. The van der Waals surface area contributed by atoms with Crippen LogP contribution in [0.15, 0.2) is 67.0 Å². The van der Waals surface area contributed by atoms with E-state index >= 15 is 0 Å². The van der Waals surface area contributed by atoms with E-state index in [0.717, 1.165) is 22.7 Å². The van der Waals surface area contributed by atoms with Gasteiger partial charge in [-0.2, -0.15) is 0 Å². The molecule has 0 spiro atoms.